The van der Waals surface area contributed by atoms with E-state index in [1.165, 1.54) is 0 Å². The van der Waals surface area contributed by atoms with Crippen molar-refractivity contribution in [1.82, 2.24) is 9.88 Å². The van der Waals surface area contributed by atoms with Gasteiger partial charge in [0.2, 0.25) is 0 Å². The number of halogens is 1. The number of likely N-dealkylation sites (tertiary alicyclic amines) is 1. The van der Waals surface area contributed by atoms with Gasteiger partial charge in [0.25, 0.3) is 5.91 Å². The van der Waals surface area contributed by atoms with E-state index in [9.17, 15) is 4.79 Å². The van der Waals surface area contributed by atoms with Gasteiger partial charge in [-0.2, -0.15) is 0 Å². The maximum Gasteiger partial charge on any atom is 0.254 e. The van der Waals surface area contributed by atoms with Gasteiger partial charge >= 0.3 is 0 Å². The van der Waals surface area contributed by atoms with Crippen molar-refractivity contribution in [3.63, 3.8) is 0 Å². The van der Waals surface area contributed by atoms with Crippen LogP contribution in [-0.4, -0.2) is 28.9 Å². The summed E-state index contributed by atoms with van der Waals surface area (Å²) in [6.07, 6.45) is 2.91. The number of carbonyl (C=O) groups is 1. The molecule has 3 nitrogen and oxygen atoms in total. The lowest BCUT2D eigenvalue weighted by Crippen LogP contribution is -2.30. The molecule has 1 amide bonds. The van der Waals surface area contributed by atoms with Gasteiger partial charge in [-0.3, -0.25) is 4.79 Å². The molecular weight excluding hydrogens is 260 g/mol. The first-order chi connectivity index (χ1) is 8.91. The Hall–Kier alpha value is -1.09. The second-order valence-electron chi connectivity index (χ2n) is 6.06. The first-order valence-electron chi connectivity index (χ1n) is 6.87. The second-order valence-corrected chi connectivity index (χ2v) is 6.45. The normalized spacial score (nSPS) is 17.8. The highest BCUT2D eigenvalue weighted by Crippen LogP contribution is 2.30. The zero-order valence-electron chi connectivity index (χ0n) is 11.9. The van der Waals surface area contributed by atoms with Gasteiger partial charge in [0.1, 0.15) is 5.15 Å². The third-order valence-corrected chi connectivity index (χ3v) is 3.76. The second kappa shape index (κ2) is 5.49. The van der Waals surface area contributed by atoms with Crippen LogP contribution in [-0.2, 0) is 6.42 Å². The fraction of sp³-hybridized carbons (Fsp3) is 0.600. The minimum absolute atomic E-state index is 0.0761. The minimum atomic E-state index is 0.0761. The molecule has 104 valence electrons. The van der Waals surface area contributed by atoms with E-state index < -0.39 is 0 Å². The predicted molar refractivity (Wildman–Crippen MR) is 77.5 cm³/mol. The molecular formula is C15H21ClN2O. The van der Waals surface area contributed by atoms with Crippen LogP contribution < -0.4 is 0 Å². The van der Waals surface area contributed by atoms with Crippen molar-refractivity contribution >= 4 is 17.5 Å². The van der Waals surface area contributed by atoms with Crippen molar-refractivity contribution in [2.24, 2.45) is 5.41 Å². The number of aryl methyl sites for hydroxylation is 1. The summed E-state index contributed by atoms with van der Waals surface area (Å²) in [4.78, 5) is 18.7. The quantitative estimate of drug-likeness (QED) is 0.793. The lowest BCUT2D eigenvalue weighted by molar-refractivity contribution is 0.0778. The van der Waals surface area contributed by atoms with Crippen LogP contribution in [0.25, 0.3) is 0 Å². The van der Waals surface area contributed by atoms with Gasteiger partial charge in [-0.25, -0.2) is 4.98 Å². The van der Waals surface area contributed by atoms with E-state index in [0.717, 1.165) is 38.0 Å². The van der Waals surface area contributed by atoms with E-state index in [0.29, 0.717) is 10.7 Å². The van der Waals surface area contributed by atoms with Crippen LogP contribution in [0.4, 0.5) is 0 Å². The van der Waals surface area contributed by atoms with Crippen LogP contribution in [0.1, 0.15) is 49.7 Å². The Bertz CT molecular complexity index is 485. The van der Waals surface area contributed by atoms with Crippen molar-refractivity contribution in [3.8, 4) is 0 Å². The number of hydrogen-bond acceptors (Lipinski definition) is 2. The maximum absolute atomic E-state index is 12.5. The SMILES string of the molecule is CCCc1cc(C(=O)N2CCC(C)(C)C2)cc(Cl)n1. The first kappa shape index (κ1) is 14.3. The summed E-state index contributed by atoms with van der Waals surface area (Å²) < 4.78 is 0. The van der Waals surface area contributed by atoms with Gasteiger partial charge in [-0.05, 0) is 30.4 Å². The highest BCUT2D eigenvalue weighted by atomic mass is 35.5. The molecule has 0 N–H and O–H groups in total. The summed E-state index contributed by atoms with van der Waals surface area (Å²) in [5.41, 5.74) is 1.79. The van der Waals surface area contributed by atoms with Gasteiger partial charge in [0, 0.05) is 24.3 Å². The standard InChI is InChI=1S/C15H21ClN2O/c1-4-5-12-8-11(9-13(16)17-12)14(19)18-7-6-15(2,3)10-18/h8-9H,4-7,10H2,1-3H3. The molecule has 0 radical (unpaired) electrons. The Morgan fingerprint density at radius 3 is 2.79 bits per heavy atom. The van der Waals surface area contributed by atoms with E-state index in [4.69, 9.17) is 11.6 Å². The molecule has 0 saturated carbocycles. The predicted octanol–water partition coefficient (Wildman–Crippen LogP) is 3.56. The zero-order valence-corrected chi connectivity index (χ0v) is 12.6. The molecule has 1 aliphatic heterocycles. The fourth-order valence-electron chi connectivity index (χ4n) is 2.53. The van der Waals surface area contributed by atoms with E-state index in [-0.39, 0.29) is 11.3 Å². The smallest absolute Gasteiger partial charge is 0.254 e. The molecule has 0 unspecified atom stereocenters. The summed E-state index contributed by atoms with van der Waals surface area (Å²) in [6.45, 7) is 8.13. The summed E-state index contributed by atoms with van der Waals surface area (Å²) >= 11 is 6.01. The molecule has 1 aromatic rings. The molecule has 4 heteroatoms. The van der Waals surface area contributed by atoms with Crippen LogP contribution in [0.15, 0.2) is 12.1 Å². The summed E-state index contributed by atoms with van der Waals surface area (Å²) in [5, 5.41) is 0.410. The average Bonchev–Trinajstić information content (AvgIpc) is 2.68. The molecule has 2 rings (SSSR count). The Morgan fingerprint density at radius 2 is 2.21 bits per heavy atom. The topological polar surface area (TPSA) is 33.2 Å². The van der Waals surface area contributed by atoms with Crippen molar-refractivity contribution in [2.45, 2.75) is 40.0 Å². The summed E-state index contributed by atoms with van der Waals surface area (Å²) in [5.74, 6) is 0.0761. The van der Waals surface area contributed by atoms with Gasteiger partial charge in [-0.15, -0.1) is 0 Å². The summed E-state index contributed by atoms with van der Waals surface area (Å²) in [6, 6.07) is 3.55. The van der Waals surface area contributed by atoms with E-state index >= 15 is 0 Å². The molecule has 1 saturated heterocycles. The van der Waals surface area contributed by atoms with E-state index in [1.54, 1.807) is 6.07 Å². The largest absolute Gasteiger partial charge is 0.338 e. The maximum atomic E-state index is 12.5. The zero-order chi connectivity index (χ0) is 14.0. The van der Waals surface area contributed by atoms with E-state index in [2.05, 4.69) is 25.8 Å². The third kappa shape index (κ3) is 3.47. The Balaban J connectivity index is 2.19. The highest BCUT2D eigenvalue weighted by molar-refractivity contribution is 6.29. The number of amides is 1. The molecule has 0 spiro atoms. The molecule has 0 aromatic carbocycles. The molecule has 0 aliphatic carbocycles. The monoisotopic (exact) mass is 280 g/mol. The molecule has 1 fully saturated rings. The fourth-order valence-corrected chi connectivity index (χ4v) is 2.75. The Kier molecular flexibility index (Phi) is 4.14. The Labute approximate surface area is 120 Å². The molecule has 2 heterocycles. The van der Waals surface area contributed by atoms with Crippen molar-refractivity contribution in [2.75, 3.05) is 13.1 Å². The van der Waals surface area contributed by atoms with Crippen LogP contribution in [0.2, 0.25) is 5.15 Å². The number of nitrogens with zero attached hydrogens (tertiary/aromatic N) is 2. The first-order valence-corrected chi connectivity index (χ1v) is 7.25. The highest BCUT2D eigenvalue weighted by Gasteiger charge is 2.32. The average molecular weight is 281 g/mol. The van der Waals surface area contributed by atoms with Crippen molar-refractivity contribution in [1.29, 1.82) is 0 Å². The number of hydrogen-bond donors (Lipinski definition) is 0. The van der Waals surface area contributed by atoms with Gasteiger partial charge in [-0.1, -0.05) is 38.8 Å². The Morgan fingerprint density at radius 1 is 1.47 bits per heavy atom. The number of carbonyl (C=O) groups excluding carboxylic acids is 1. The number of pyridine rings is 1. The number of rotatable bonds is 3. The molecule has 1 aliphatic rings. The number of aromatic nitrogens is 1. The lowest BCUT2D eigenvalue weighted by Gasteiger charge is -2.20. The van der Waals surface area contributed by atoms with Crippen LogP contribution in [0, 0.1) is 5.41 Å². The van der Waals surface area contributed by atoms with Crippen LogP contribution >= 0.6 is 11.6 Å². The van der Waals surface area contributed by atoms with Crippen LogP contribution in [0.3, 0.4) is 0 Å². The van der Waals surface area contributed by atoms with Gasteiger partial charge in [0.15, 0.2) is 0 Å². The molecule has 0 atom stereocenters. The van der Waals surface area contributed by atoms with E-state index in [1.807, 2.05) is 11.0 Å². The third-order valence-electron chi connectivity index (χ3n) is 3.56. The van der Waals surface area contributed by atoms with Crippen molar-refractivity contribution < 1.29 is 4.79 Å². The molecule has 19 heavy (non-hydrogen) atoms. The summed E-state index contributed by atoms with van der Waals surface area (Å²) in [7, 11) is 0. The van der Waals surface area contributed by atoms with Crippen molar-refractivity contribution in [3.05, 3.63) is 28.5 Å². The van der Waals surface area contributed by atoms with Gasteiger partial charge < -0.3 is 4.90 Å². The minimum Gasteiger partial charge on any atom is -0.338 e. The molecule has 0 bridgehead atoms. The lowest BCUT2D eigenvalue weighted by atomic mass is 9.93. The molecule has 1 aromatic heterocycles. The van der Waals surface area contributed by atoms with Gasteiger partial charge in [0.05, 0.1) is 0 Å². The van der Waals surface area contributed by atoms with Crippen LogP contribution in [0.5, 0.6) is 0 Å².